The molecule has 0 aliphatic carbocycles. The van der Waals surface area contributed by atoms with Crippen molar-refractivity contribution in [2.24, 2.45) is 0 Å². The van der Waals surface area contributed by atoms with Crippen molar-refractivity contribution >= 4 is 40.7 Å². The summed E-state index contributed by atoms with van der Waals surface area (Å²) in [6.45, 7) is 0. The zero-order chi connectivity index (χ0) is 13.1. The molecule has 2 rings (SSSR count). The summed E-state index contributed by atoms with van der Waals surface area (Å²) in [6, 6.07) is 10.0. The molecule has 0 fully saturated rings. The van der Waals surface area contributed by atoms with Crippen LogP contribution in [0.3, 0.4) is 0 Å². The predicted octanol–water partition coefficient (Wildman–Crippen LogP) is 5.01. The number of nitrogens with two attached hydrogens (primary N) is 1. The highest BCUT2D eigenvalue weighted by molar-refractivity contribution is 7.98. The summed E-state index contributed by atoms with van der Waals surface area (Å²) in [7, 11) is 0. The maximum atomic E-state index is 13.6. The van der Waals surface area contributed by atoms with Gasteiger partial charge in [0.1, 0.15) is 5.82 Å². The van der Waals surface area contributed by atoms with Gasteiger partial charge in [0.2, 0.25) is 0 Å². The molecular weight excluding hydrogens is 292 g/mol. The molecule has 2 N–H and O–H groups in total. The van der Waals surface area contributed by atoms with Crippen molar-refractivity contribution in [3.8, 4) is 0 Å². The van der Waals surface area contributed by atoms with Crippen LogP contribution in [-0.2, 0) is 5.75 Å². The Morgan fingerprint density at radius 3 is 2.56 bits per heavy atom. The predicted molar refractivity (Wildman–Crippen MR) is 76.8 cm³/mol. The Bertz CT molecular complexity index is 555. The number of rotatable bonds is 3. The summed E-state index contributed by atoms with van der Waals surface area (Å²) in [5, 5.41) is 0.934. The molecular formula is C13H10Cl2FNS. The van der Waals surface area contributed by atoms with Crippen LogP contribution in [0.1, 0.15) is 5.56 Å². The molecule has 5 heteroatoms. The Hall–Kier alpha value is -0.900. The normalized spacial score (nSPS) is 10.6. The number of benzene rings is 2. The van der Waals surface area contributed by atoms with Gasteiger partial charge in [0, 0.05) is 21.2 Å². The Balaban J connectivity index is 2.14. The first-order valence-corrected chi connectivity index (χ1v) is 6.93. The Morgan fingerprint density at radius 1 is 1.11 bits per heavy atom. The number of anilines is 1. The summed E-state index contributed by atoms with van der Waals surface area (Å²) < 4.78 is 13.6. The molecule has 0 heterocycles. The smallest absolute Gasteiger partial charge is 0.128 e. The van der Waals surface area contributed by atoms with E-state index in [0.29, 0.717) is 27.0 Å². The maximum absolute atomic E-state index is 13.6. The monoisotopic (exact) mass is 301 g/mol. The minimum Gasteiger partial charge on any atom is -0.398 e. The molecule has 0 saturated carbocycles. The third-order valence-electron chi connectivity index (χ3n) is 2.42. The summed E-state index contributed by atoms with van der Waals surface area (Å²) in [4.78, 5) is 0.925. The lowest BCUT2D eigenvalue weighted by molar-refractivity contribution is 0.617. The second-order valence-electron chi connectivity index (χ2n) is 3.67. The lowest BCUT2D eigenvalue weighted by atomic mass is 10.2. The van der Waals surface area contributed by atoms with Crippen LogP contribution in [0, 0.1) is 5.82 Å². The van der Waals surface area contributed by atoms with Gasteiger partial charge in [-0.05, 0) is 30.3 Å². The second-order valence-corrected chi connectivity index (χ2v) is 5.54. The van der Waals surface area contributed by atoms with Crippen LogP contribution in [-0.4, -0.2) is 0 Å². The Kier molecular flexibility index (Phi) is 4.38. The van der Waals surface area contributed by atoms with E-state index in [-0.39, 0.29) is 5.82 Å². The van der Waals surface area contributed by atoms with E-state index in [1.165, 1.54) is 17.8 Å². The lowest BCUT2D eigenvalue weighted by Crippen LogP contribution is -1.90. The molecule has 1 nitrogen and oxygen atoms in total. The number of hydrogen-bond acceptors (Lipinski definition) is 2. The fourth-order valence-corrected chi connectivity index (χ4v) is 2.95. The molecule has 2 aromatic rings. The van der Waals surface area contributed by atoms with Crippen molar-refractivity contribution in [3.63, 3.8) is 0 Å². The average Bonchev–Trinajstić information content (AvgIpc) is 2.33. The van der Waals surface area contributed by atoms with E-state index in [2.05, 4.69) is 0 Å². The van der Waals surface area contributed by atoms with Gasteiger partial charge in [0.25, 0.3) is 0 Å². The van der Waals surface area contributed by atoms with Crippen LogP contribution < -0.4 is 5.73 Å². The van der Waals surface area contributed by atoms with Crippen molar-refractivity contribution < 1.29 is 4.39 Å². The van der Waals surface area contributed by atoms with Gasteiger partial charge in [-0.15, -0.1) is 11.8 Å². The standard InChI is InChI=1S/C13H10Cl2FNS/c14-10-2-1-3-12(16)9(10)7-18-8-4-5-13(17)11(15)6-8/h1-6H,7,17H2. The molecule has 0 amide bonds. The van der Waals surface area contributed by atoms with Gasteiger partial charge in [-0.2, -0.15) is 0 Å². The molecule has 18 heavy (non-hydrogen) atoms. The van der Waals surface area contributed by atoms with Crippen LogP contribution in [0.5, 0.6) is 0 Å². The first-order chi connectivity index (χ1) is 8.58. The summed E-state index contributed by atoms with van der Waals surface area (Å²) in [5.41, 5.74) is 6.65. The van der Waals surface area contributed by atoms with Gasteiger partial charge in [0.15, 0.2) is 0 Å². The molecule has 0 aliphatic rings. The average molecular weight is 302 g/mol. The third-order valence-corrected chi connectivity index (χ3v) is 4.12. The molecule has 0 aliphatic heterocycles. The van der Waals surface area contributed by atoms with Crippen molar-refractivity contribution in [2.75, 3.05) is 5.73 Å². The van der Waals surface area contributed by atoms with Gasteiger partial charge in [0.05, 0.1) is 10.7 Å². The molecule has 0 spiro atoms. The van der Waals surface area contributed by atoms with Crippen LogP contribution in [0.25, 0.3) is 0 Å². The first-order valence-electron chi connectivity index (χ1n) is 5.18. The highest BCUT2D eigenvalue weighted by Gasteiger charge is 2.08. The van der Waals surface area contributed by atoms with Gasteiger partial charge in [-0.1, -0.05) is 29.3 Å². The molecule has 94 valence electrons. The van der Waals surface area contributed by atoms with Crippen molar-refractivity contribution in [1.29, 1.82) is 0 Å². The van der Waals surface area contributed by atoms with E-state index in [9.17, 15) is 4.39 Å². The van der Waals surface area contributed by atoms with E-state index in [0.717, 1.165) is 4.90 Å². The SMILES string of the molecule is Nc1ccc(SCc2c(F)cccc2Cl)cc1Cl. The fraction of sp³-hybridized carbons (Fsp3) is 0.0769. The number of halogens is 3. The van der Waals surface area contributed by atoms with Crippen LogP contribution in [0.4, 0.5) is 10.1 Å². The summed E-state index contributed by atoms with van der Waals surface area (Å²) in [5.74, 6) is 0.155. The highest BCUT2D eigenvalue weighted by Crippen LogP contribution is 2.31. The Morgan fingerprint density at radius 2 is 1.89 bits per heavy atom. The maximum Gasteiger partial charge on any atom is 0.128 e. The molecule has 0 bridgehead atoms. The molecule has 0 radical (unpaired) electrons. The zero-order valence-corrected chi connectivity index (χ0v) is 11.6. The zero-order valence-electron chi connectivity index (χ0n) is 9.29. The second kappa shape index (κ2) is 5.83. The van der Waals surface area contributed by atoms with Crippen LogP contribution in [0.15, 0.2) is 41.3 Å². The van der Waals surface area contributed by atoms with Crippen LogP contribution in [0.2, 0.25) is 10.0 Å². The van der Waals surface area contributed by atoms with E-state index in [4.69, 9.17) is 28.9 Å². The van der Waals surface area contributed by atoms with E-state index in [1.807, 2.05) is 6.07 Å². The van der Waals surface area contributed by atoms with Crippen molar-refractivity contribution in [1.82, 2.24) is 0 Å². The largest absolute Gasteiger partial charge is 0.398 e. The Labute approximate surface area is 119 Å². The van der Waals surface area contributed by atoms with E-state index in [1.54, 1.807) is 24.3 Å². The molecule has 0 saturated heterocycles. The number of thioether (sulfide) groups is 1. The first kappa shape index (κ1) is 13.5. The molecule has 2 aromatic carbocycles. The summed E-state index contributed by atoms with van der Waals surface area (Å²) >= 11 is 13.3. The van der Waals surface area contributed by atoms with Crippen LogP contribution >= 0.6 is 35.0 Å². The quantitative estimate of drug-likeness (QED) is 0.637. The molecule has 0 unspecified atom stereocenters. The van der Waals surface area contributed by atoms with Gasteiger partial charge in [-0.3, -0.25) is 0 Å². The van der Waals surface area contributed by atoms with Gasteiger partial charge >= 0.3 is 0 Å². The number of hydrogen-bond donors (Lipinski definition) is 1. The molecule has 0 aromatic heterocycles. The summed E-state index contributed by atoms with van der Waals surface area (Å²) in [6.07, 6.45) is 0. The minimum atomic E-state index is -0.295. The fourth-order valence-electron chi connectivity index (χ4n) is 1.42. The van der Waals surface area contributed by atoms with E-state index >= 15 is 0 Å². The topological polar surface area (TPSA) is 26.0 Å². The third kappa shape index (κ3) is 3.10. The van der Waals surface area contributed by atoms with Gasteiger partial charge < -0.3 is 5.73 Å². The number of nitrogen functional groups attached to an aromatic ring is 1. The lowest BCUT2D eigenvalue weighted by Gasteiger charge is -2.06. The van der Waals surface area contributed by atoms with Crippen molar-refractivity contribution in [3.05, 3.63) is 57.8 Å². The highest BCUT2D eigenvalue weighted by atomic mass is 35.5. The van der Waals surface area contributed by atoms with E-state index < -0.39 is 0 Å². The van der Waals surface area contributed by atoms with Gasteiger partial charge in [-0.25, -0.2) is 4.39 Å². The van der Waals surface area contributed by atoms with Crippen molar-refractivity contribution in [2.45, 2.75) is 10.6 Å². The minimum absolute atomic E-state index is 0.295. The molecule has 0 atom stereocenters.